The van der Waals surface area contributed by atoms with E-state index in [1.54, 1.807) is 30.3 Å². The van der Waals surface area contributed by atoms with Crippen LogP contribution in [0.5, 0.6) is 0 Å². The van der Waals surface area contributed by atoms with Crippen molar-refractivity contribution in [2.75, 3.05) is 12.4 Å². The number of nitrogens with one attached hydrogen (secondary N) is 1. The maximum Gasteiger partial charge on any atom is 0.230 e. The van der Waals surface area contributed by atoms with Crippen LogP contribution in [0.25, 0.3) is 0 Å². The first-order valence-electron chi connectivity index (χ1n) is 8.85. The minimum atomic E-state index is -0.523. The summed E-state index contributed by atoms with van der Waals surface area (Å²) in [5.74, 6) is -0.483. The Labute approximate surface area is 151 Å². The highest BCUT2D eigenvalue weighted by Gasteiger charge is 2.42. The minimum absolute atomic E-state index is 0.0936. The number of nitrogens with zero attached hydrogens (tertiary/aromatic N) is 3. The number of carbonyl (C=O) groups is 2. The molecule has 1 aromatic carbocycles. The van der Waals surface area contributed by atoms with Crippen molar-refractivity contribution in [3.63, 3.8) is 0 Å². The van der Waals surface area contributed by atoms with Crippen LogP contribution in [0.4, 0.5) is 10.1 Å². The first-order valence-corrected chi connectivity index (χ1v) is 8.85. The molecule has 0 unspecified atom stereocenters. The Morgan fingerprint density at radius 3 is 2.73 bits per heavy atom. The van der Waals surface area contributed by atoms with E-state index >= 15 is 0 Å². The van der Waals surface area contributed by atoms with E-state index in [1.807, 2.05) is 10.9 Å². The molecule has 26 heavy (non-hydrogen) atoms. The normalized spacial score (nSPS) is 22.7. The molecule has 2 aromatic rings. The van der Waals surface area contributed by atoms with Gasteiger partial charge in [-0.25, -0.2) is 4.39 Å². The molecule has 2 heterocycles. The number of hydrogen-bond acceptors (Lipinski definition) is 3. The van der Waals surface area contributed by atoms with E-state index in [2.05, 4.69) is 10.4 Å². The summed E-state index contributed by atoms with van der Waals surface area (Å²) in [5.41, 5.74) is 1.39. The number of benzene rings is 1. The van der Waals surface area contributed by atoms with Crippen molar-refractivity contribution < 1.29 is 14.0 Å². The molecule has 4 rings (SSSR count). The highest BCUT2D eigenvalue weighted by Crippen LogP contribution is 2.37. The third kappa shape index (κ3) is 3.34. The molecule has 7 heteroatoms. The number of aromatic nitrogens is 2. The Bertz CT molecular complexity index is 828. The SMILES string of the molecule is CN1C(=O)C[C@@H](C(=O)Nc2cnn(CC3CC3)c2)[C@@H]1c1ccc(F)cc1. The maximum atomic E-state index is 13.2. The number of halogens is 1. The van der Waals surface area contributed by atoms with Crippen molar-refractivity contribution in [2.45, 2.75) is 31.8 Å². The van der Waals surface area contributed by atoms with Gasteiger partial charge in [0.25, 0.3) is 0 Å². The van der Waals surface area contributed by atoms with Gasteiger partial charge in [0.15, 0.2) is 0 Å². The summed E-state index contributed by atoms with van der Waals surface area (Å²) in [6, 6.07) is 5.56. The summed E-state index contributed by atoms with van der Waals surface area (Å²) in [5, 5.41) is 7.15. The highest BCUT2D eigenvalue weighted by molar-refractivity contribution is 5.97. The molecular weight excluding hydrogens is 335 g/mol. The lowest BCUT2D eigenvalue weighted by molar-refractivity contribution is -0.127. The van der Waals surface area contributed by atoms with Gasteiger partial charge >= 0.3 is 0 Å². The second-order valence-electron chi connectivity index (χ2n) is 7.20. The number of anilines is 1. The lowest BCUT2D eigenvalue weighted by atomic mass is 9.93. The van der Waals surface area contributed by atoms with Gasteiger partial charge in [-0.3, -0.25) is 14.3 Å². The molecule has 2 atom stereocenters. The van der Waals surface area contributed by atoms with Gasteiger partial charge in [0.1, 0.15) is 5.82 Å². The van der Waals surface area contributed by atoms with Gasteiger partial charge in [-0.1, -0.05) is 12.1 Å². The lowest BCUT2D eigenvalue weighted by Gasteiger charge is -2.24. The molecule has 1 saturated heterocycles. The molecular formula is C19H21FN4O2. The van der Waals surface area contributed by atoms with Gasteiger partial charge < -0.3 is 10.2 Å². The van der Waals surface area contributed by atoms with Gasteiger partial charge in [0.05, 0.1) is 23.8 Å². The zero-order valence-electron chi connectivity index (χ0n) is 14.6. The number of carbonyl (C=O) groups excluding carboxylic acids is 2. The van der Waals surface area contributed by atoms with Gasteiger partial charge in [-0.05, 0) is 36.5 Å². The van der Waals surface area contributed by atoms with Gasteiger partial charge in [-0.2, -0.15) is 5.10 Å². The molecule has 1 saturated carbocycles. The molecule has 2 fully saturated rings. The number of hydrogen-bond donors (Lipinski definition) is 1. The van der Waals surface area contributed by atoms with Crippen molar-refractivity contribution in [2.24, 2.45) is 11.8 Å². The number of likely N-dealkylation sites (tertiary alicyclic amines) is 1. The first-order chi connectivity index (χ1) is 12.5. The molecule has 1 N–H and O–H groups in total. The van der Waals surface area contributed by atoms with Crippen LogP contribution in [0.1, 0.15) is 30.9 Å². The molecule has 2 amide bonds. The summed E-state index contributed by atoms with van der Waals surface area (Å²) < 4.78 is 15.1. The lowest BCUT2D eigenvalue weighted by Crippen LogP contribution is -2.30. The Kier molecular flexibility index (Phi) is 4.22. The van der Waals surface area contributed by atoms with Crippen molar-refractivity contribution >= 4 is 17.5 Å². The number of rotatable bonds is 5. The summed E-state index contributed by atoms with van der Waals surface area (Å²) >= 11 is 0. The van der Waals surface area contributed by atoms with Crippen molar-refractivity contribution in [3.8, 4) is 0 Å². The second-order valence-corrected chi connectivity index (χ2v) is 7.20. The van der Waals surface area contributed by atoms with Gasteiger partial charge in [0.2, 0.25) is 11.8 Å². The summed E-state index contributed by atoms with van der Waals surface area (Å²) in [4.78, 5) is 26.5. The van der Waals surface area contributed by atoms with E-state index in [0.717, 1.165) is 12.1 Å². The van der Waals surface area contributed by atoms with Crippen LogP contribution in [0.15, 0.2) is 36.7 Å². The molecule has 0 bridgehead atoms. The zero-order chi connectivity index (χ0) is 18.3. The Morgan fingerprint density at radius 1 is 1.31 bits per heavy atom. The topological polar surface area (TPSA) is 67.2 Å². The summed E-state index contributed by atoms with van der Waals surface area (Å²) in [6.45, 7) is 0.874. The Hall–Kier alpha value is -2.70. The maximum absolute atomic E-state index is 13.2. The minimum Gasteiger partial charge on any atom is -0.338 e. The fraction of sp³-hybridized carbons (Fsp3) is 0.421. The van der Waals surface area contributed by atoms with E-state index in [-0.39, 0.29) is 24.1 Å². The summed E-state index contributed by atoms with van der Waals surface area (Å²) in [6.07, 6.45) is 6.06. The fourth-order valence-electron chi connectivity index (χ4n) is 3.55. The van der Waals surface area contributed by atoms with Crippen LogP contribution in [-0.2, 0) is 16.1 Å². The quantitative estimate of drug-likeness (QED) is 0.895. The smallest absolute Gasteiger partial charge is 0.230 e. The molecule has 136 valence electrons. The van der Waals surface area contributed by atoms with E-state index in [9.17, 15) is 14.0 Å². The molecule has 0 radical (unpaired) electrons. The molecule has 1 aliphatic heterocycles. The van der Waals surface area contributed by atoms with E-state index in [0.29, 0.717) is 11.6 Å². The van der Waals surface area contributed by atoms with Crippen molar-refractivity contribution in [1.29, 1.82) is 0 Å². The van der Waals surface area contributed by atoms with Crippen LogP contribution in [0, 0.1) is 17.7 Å². The van der Waals surface area contributed by atoms with Crippen LogP contribution in [0.2, 0.25) is 0 Å². The average molecular weight is 356 g/mol. The monoisotopic (exact) mass is 356 g/mol. The molecule has 0 spiro atoms. The Balaban J connectivity index is 1.50. The highest BCUT2D eigenvalue weighted by atomic mass is 19.1. The molecule has 6 nitrogen and oxygen atoms in total. The number of amides is 2. The predicted molar refractivity (Wildman–Crippen MR) is 93.6 cm³/mol. The zero-order valence-corrected chi connectivity index (χ0v) is 14.6. The second kappa shape index (κ2) is 6.55. The average Bonchev–Trinajstić information content (AvgIpc) is 3.24. The van der Waals surface area contributed by atoms with Crippen LogP contribution >= 0.6 is 0 Å². The van der Waals surface area contributed by atoms with Crippen LogP contribution in [-0.4, -0.2) is 33.5 Å². The third-order valence-corrected chi connectivity index (χ3v) is 5.18. The molecule has 1 aromatic heterocycles. The van der Waals surface area contributed by atoms with Crippen LogP contribution in [0.3, 0.4) is 0 Å². The van der Waals surface area contributed by atoms with Gasteiger partial charge in [0, 0.05) is 26.2 Å². The van der Waals surface area contributed by atoms with E-state index < -0.39 is 12.0 Å². The van der Waals surface area contributed by atoms with Crippen LogP contribution < -0.4 is 5.32 Å². The molecule has 1 aliphatic carbocycles. The molecule has 2 aliphatic rings. The first kappa shape index (κ1) is 16.8. The summed E-state index contributed by atoms with van der Waals surface area (Å²) in [7, 11) is 1.68. The fourth-order valence-corrected chi connectivity index (χ4v) is 3.55. The standard InChI is InChI=1S/C19H21FN4O2/c1-23-17(25)8-16(18(23)13-4-6-14(20)7-5-13)19(26)22-15-9-21-24(11-15)10-12-2-3-12/h4-7,9,11-12,16,18H,2-3,8,10H2,1H3,(H,22,26)/t16-,18+/m1/s1. The van der Waals surface area contributed by atoms with E-state index in [4.69, 9.17) is 0 Å². The van der Waals surface area contributed by atoms with Crippen molar-refractivity contribution in [3.05, 3.63) is 48.0 Å². The predicted octanol–water partition coefficient (Wildman–Crippen LogP) is 2.59. The third-order valence-electron chi connectivity index (χ3n) is 5.18. The van der Waals surface area contributed by atoms with E-state index in [1.165, 1.54) is 25.0 Å². The Morgan fingerprint density at radius 2 is 2.04 bits per heavy atom. The largest absolute Gasteiger partial charge is 0.338 e. The van der Waals surface area contributed by atoms with Crippen molar-refractivity contribution in [1.82, 2.24) is 14.7 Å². The van der Waals surface area contributed by atoms with Gasteiger partial charge in [-0.15, -0.1) is 0 Å².